The van der Waals surface area contributed by atoms with Crippen molar-refractivity contribution in [3.63, 3.8) is 0 Å². The van der Waals surface area contributed by atoms with Gasteiger partial charge >= 0.3 is 0 Å². The molecule has 94 valence electrons. The summed E-state index contributed by atoms with van der Waals surface area (Å²) in [6.07, 6.45) is 0. The minimum Gasteiger partial charge on any atom is -0.0876 e. The quantitative estimate of drug-likeness (QED) is 0.409. The van der Waals surface area contributed by atoms with Crippen molar-refractivity contribution in [2.75, 3.05) is 0 Å². The van der Waals surface area contributed by atoms with E-state index in [0.717, 1.165) is 9.80 Å². The second kappa shape index (κ2) is 6.69. The zero-order valence-electron chi connectivity index (χ0n) is 9.34. The summed E-state index contributed by atoms with van der Waals surface area (Å²) >= 11 is 14.1. The summed E-state index contributed by atoms with van der Waals surface area (Å²) < 4.78 is 1.28. The number of benzene rings is 2. The lowest BCUT2D eigenvalue weighted by atomic mass is 10.0. The molecule has 0 saturated heterocycles. The molecule has 0 heterocycles. The SMILES string of the molecule is BrCc1cc(-c2ccc(Br)cc2)cc(C(Br)Br)c1. The van der Waals surface area contributed by atoms with Gasteiger partial charge in [-0.1, -0.05) is 88.0 Å². The fourth-order valence-electron chi connectivity index (χ4n) is 1.73. The van der Waals surface area contributed by atoms with Crippen molar-refractivity contribution in [3.8, 4) is 11.1 Å². The number of halogens is 4. The minimum absolute atomic E-state index is 0.179. The fraction of sp³-hybridized carbons (Fsp3) is 0.143. The van der Waals surface area contributed by atoms with E-state index in [0.29, 0.717) is 0 Å². The molecule has 4 heteroatoms. The van der Waals surface area contributed by atoms with Crippen LogP contribution < -0.4 is 0 Å². The molecule has 0 N–H and O–H groups in total. The Hall–Kier alpha value is 0.360. The maximum Gasteiger partial charge on any atom is 0.0946 e. The van der Waals surface area contributed by atoms with Crippen LogP contribution in [0.25, 0.3) is 11.1 Å². The highest BCUT2D eigenvalue weighted by atomic mass is 79.9. The van der Waals surface area contributed by atoms with Gasteiger partial charge in [-0.15, -0.1) is 0 Å². The van der Waals surface area contributed by atoms with Crippen molar-refractivity contribution >= 4 is 63.7 Å². The summed E-state index contributed by atoms with van der Waals surface area (Å²) in [5, 5.41) is 0.858. The number of hydrogen-bond acceptors (Lipinski definition) is 0. The van der Waals surface area contributed by atoms with Crippen molar-refractivity contribution in [1.29, 1.82) is 0 Å². The molecule has 0 bridgehead atoms. The first kappa shape index (κ1) is 14.8. The van der Waals surface area contributed by atoms with E-state index in [1.54, 1.807) is 0 Å². The third kappa shape index (κ3) is 3.69. The molecule has 18 heavy (non-hydrogen) atoms. The van der Waals surface area contributed by atoms with E-state index in [1.165, 1.54) is 22.3 Å². The first-order chi connectivity index (χ1) is 8.60. The van der Waals surface area contributed by atoms with Crippen LogP contribution >= 0.6 is 63.7 Å². The average Bonchev–Trinajstić information content (AvgIpc) is 2.39. The molecule has 0 aliphatic heterocycles. The van der Waals surface area contributed by atoms with Gasteiger partial charge in [-0.05, 0) is 40.5 Å². The second-order valence-electron chi connectivity index (χ2n) is 3.90. The molecule has 2 rings (SSSR count). The summed E-state index contributed by atoms with van der Waals surface area (Å²) in [6.45, 7) is 0. The molecule has 0 saturated carbocycles. The zero-order valence-corrected chi connectivity index (χ0v) is 15.7. The smallest absolute Gasteiger partial charge is 0.0876 e. The van der Waals surface area contributed by atoms with Gasteiger partial charge in [0.25, 0.3) is 0 Å². The second-order valence-corrected chi connectivity index (χ2v) is 8.44. The van der Waals surface area contributed by atoms with Crippen molar-refractivity contribution < 1.29 is 0 Å². The predicted molar refractivity (Wildman–Crippen MR) is 92.8 cm³/mol. The normalized spacial score (nSPS) is 10.9. The lowest BCUT2D eigenvalue weighted by Gasteiger charge is -2.10. The van der Waals surface area contributed by atoms with Crippen LogP contribution in [-0.2, 0) is 5.33 Å². The van der Waals surface area contributed by atoms with Crippen molar-refractivity contribution in [1.82, 2.24) is 0 Å². The van der Waals surface area contributed by atoms with Crippen LogP contribution in [0, 0.1) is 0 Å². The summed E-state index contributed by atoms with van der Waals surface area (Å²) in [6, 6.07) is 15.0. The Morgan fingerprint density at radius 3 is 2.11 bits per heavy atom. The van der Waals surface area contributed by atoms with E-state index in [1.807, 2.05) is 0 Å². The van der Waals surface area contributed by atoms with Crippen molar-refractivity contribution in [2.45, 2.75) is 9.07 Å². The van der Waals surface area contributed by atoms with Gasteiger partial charge in [-0.2, -0.15) is 0 Å². The zero-order chi connectivity index (χ0) is 13.1. The molecule has 0 radical (unpaired) electrons. The van der Waals surface area contributed by atoms with Crippen LogP contribution in [0.5, 0.6) is 0 Å². The molecule has 0 spiro atoms. The molecule has 0 aliphatic rings. The standard InChI is InChI=1S/C14H10Br4/c15-8-9-5-11(7-12(6-9)14(17)18)10-1-3-13(16)4-2-10/h1-7,14H,8H2. The Balaban J connectivity index is 2.49. The highest BCUT2D eigenvalue weighted by molar-refractivity contribution is 9.24. The Labute approximate surface area is 141 Å². The van der Waals surface area contributed by atoms with Gasteiger partial charge < -0.3 is 0 Å². The Morgan fingerprint density at radius 2 is 1.56 bits per heavy atom. The van der Waals surface area contributed by atoms with E-state index in [4.69, 9.17) is 0 Å². The van der Waals surface area contributed by atoms with Gasteiger partial charge in [0.2, 0.25) is 0 Å². The van der Waals surface area contributed by atoms with Crippen LogP contribution in [0.4, 0.5) is 0 Å². The summed E-state index contributed by atoms with van der Waals surface area (Å²) in [4.78, 5) is 0. The molecule has 0 amide bonds. The van der Waals surface area contributed by atoms with E-state index in [9.17, 15) is 0 Å². The third-order valence-electron chi connectivity index (χ3n) is 2.60. The Kier molecular flexibility index (Phi) is 5.48. The van der Waals surface area contributed by atoms with Crippen LogP contribution in [-0.4, -0.2) is 0 Å². The Bertz CT molecular complexity index is 532. The van der Waals surface area contributed by atoms with E-state index < -0.39 is 0 Å². The highest BCUT2D eigenvalue weighted by Gasteiger charge is 2.07. The van der Waals surface area contributed by atoms with Crippen LogP contribution in [0.3, 0.4) is 0 Å². The van der Waals surface area contributed by atoms with Crippen LogP contribution in [0.2, 0.25) is 0 Å². The van der Waals surface area contributed by atoms with Gasteiger partial charge in [0.15, 0.2) is 0 Å². The molecule has 0 atom stereocenters. The molecule has 2 aromatic carbocycles. The summed E-state index contributed by atoms with van der Waals surface area (Å²) in [5.41, 5.74) is 4.96. The molecule has 0 aromatic heterocycles. The van der Waals surface area contributed by atoms with E-state index in [2.05, 4.69) is 106 Å². The topological polar surface area (TPSA) is 0 Å². The lowest BCUT2D eigenvalue weighted by Crippen LogP contribution is -1.88. The van der Waals surface area contributed by atoms with Gasteiger partial charge in [0, 0.05) is 9.80 Å². The minimum atomic E-state index is 0.179. The Morgan fingerprint density at radius 1 is 0.889 bits per heavy atom. The van der Waals surface area contributed by atoms with Crippen molar-refractivity contribution in [3.05, 3.63) is 58.1 Å². The van der Waals surface area contributed by atoms with E-state index in [-0.39, 0.29) is 3.74 Å². The summed E-state index contributed by atoms with van der Waals surface area (Å²) in [5.74, 6) is 0. The number of rotatable bonds is 3. The number of hydrogen-bond donors (Lipinski definition) is 0. The third-order valence-corrected chi connectivity index (χ3v) is 4.83. The fourth-order valence-corrected chi connectivity index (χ4v) is 2.85. The molecule has 0 fully saturated rings. The summed E-state index contributed by atoms with van der Waals surface area (Å²) in [7, 11) is 0. The maximum absolute atomic E-state index is 3.56. The van der Waals surface area contributed by atoms with Crippen LogP contribution in [0.15, 0.2) is 46.9 Å². The first-order valence-electron chi connectivity index (χ1n) is 5.34. The molecule has 2 aromatic rings. The predicted octanol–water partition coefficient (Wildman–Crippen LogP) is 6.80. The molecule has 0 nitrogen and oxygen atoms in total. The maximum atomic E-state index is 3.56. The molecule has 0 aliphatic carbocycles. The molecule has 0 unspecified atom stereocenters. The average molecular weight is 498 g/mol. The van der Waals surface area contributed by atoms with E-state index >= 15 is 0 Å². The lowest BCUT2D eigenvalue weighted by molar-refractivity contribution is 1.34. The van der Waals surface area contributed by atoms with Crippen molar-refractivity contribution in [2.24, 2.45) is 0 Å². The van der Waals surface area contributed by atoms with Gasteiger partial charge in [-0.3, -0.25) is 0 Å². The monoisotopic (exact) mass is 494 g/mol. The van der Waals surface area contributed by atoms with Crippen LogP contribution in [0.1, 0.15) is 14.9 Å². The molecular weight excluding hydrogens is 488 g/mol. The molecular formula is C14H10Br4. The largest absolute Gasteiger partial charge is 0.0946 e. The number of alkyl halides is 3. The van der Waals surface area contributed by atoms with Gasteiger partial charge in [0.1, 0.15) is 0 Å². The first-order valence-corrected chi connectivity index (χ1v) is 9.08. The highest BCUT2D eigenvalue weighted by Crippen LogP contribution is 2.34. The van der Waals surface area contributed by atoms with Gasteiger partial charge in [0.05, 0.1) is 3.74 Å². The van der Waals surface area contributed by atoms with Gasteiger partial charge in [-0.25, -0.2) is 0 Å².